The van der Waals surface area contributed by atoms with E-state index in [2.05, 4.69) is 16.7 Å². The van der Waals surface area contributed by atoms with Crippen molar-refractivity contribution in [2.24, 2.45) is 5.92 Å². The second-order valence-corrected chi connectivity index (χ2v) is 7.14. The average molecular weight is 264 g/mol. The zero-order chi connectivity index (χ0) is 13.1. The Hall–Kier alpha value is -0.0800. The minimum Gasteiger partial charge on any atom is -0.299 e. The van der Waals surface area contributed by atoms with Crippen molar-refractivity contribution in [2.45, 2.75) is 76.8 Å². The lowest BCUT2D eigenvalue weighted by Gasteiger charge is -2.37. The molecule has 2 saturated heterocycles. The fraction of sp³-hybridized carbons (Fsp3) is 1.00. The Bertz CT molecular complexity index is 270. The number of fused-ring (bicyclic) bond motifs is 1. The molecule has 19 heavy (non-hydrogen) atoms. The minimum atomic E-state index is 0.899. The van der Waals surface area contributed by atoms with Crippen LogP contribution in [0.2, 0.25) is 0 Å². The molecule has 1 saturated carbocycles. The van der Waals surface area contributed by atoms with E-state index in [0.29, 0.717) is 0 Å². The van der Waals surface area contributed by atoms with Crippen molar-refractivity contribution in [3.63, 3.8) is 0 Å². The van der Waals surface area contributed by atoms with Crippen LogP contribution in [0, 0.1) is 5.92 Å². The van der Waals surface area contributed by atoms with E-state index < -0.39 is 0 Å². The second-order valence-electron chi connectivity index (χ2n) is 7.14. The molecule has 3 rings (SSSR count). The standard InChI is InChI=1S/C17H32N2/c1-2-5-15-7-9-16(10-8-15)19-13-4-12-18-11-3-6-17(18)14-19/h15-17H,2-14H2,1H3. The number of hydrogen-bond donors (Lipinski definition) is 0. The van der Waals surface area contributed by atoms with E-state index >= 15 is 0 Å². The Morgan fingerprint density at radius 3 is 2.32 bits per heavy atom. The Kier molecular flexibility index (Phi) is 4.81. The predicted octanol–water partition coefficient (Wildman–Crippen LogP) is 3.52. The van der Waals surface area contributed by atoms with Gasteiger partial charge in [0.2, 0.25) is 0 Å². The van der Waals surface area contributed by atoms with Crippen LogP contribution in [0.15, 0.2) is 0 Å². The first-order valence-electron chi connectivity index (χ1n) is 8.85. The molecule has 0 aromatic rings. The maximum absolute atomic E-state index is 2.87. The molecule has 1 aliphatic carbocycles. The highest BCUT2D eigenvalue weighted by Gasteiger charge is 2.32. The second kappa shape index (κ2) is 6.58. The number of hydrogen-bond acceptors (Lipinski definition) is 2. The van der Waals surface area contributed by atoms with E-state index in [1.54, 1.807) is 0 Å². The summed E-state index contributed by atoms with van der Waals surface area (Å²) in [5.74, 6) is 1.05. The molecule has 0 aromatic carbocycles. The first kappa shape index (κ1) is 13.9. The maximum Gasteiger partial charge on any atom is 0.0223 e. The van der Waals surface area contributed by atoms with Gasteiger partial charge in [0.05, 0.1) is 0 Å². The van der Waals surface area contributed by atoms with Crippen LogP contribution in [0.25, 0.3) is 0 Å². The highest BCUT2D eigenvalue weighted by atomic mass is 15.3. The van der Waals surface area contributed by atoms with Crippen LogP contribution in [-0.2, 0) is 0 Å². The van der Waals surface area contributed by atoms with Crippen LogP contribution in [0.5, 0.6) is 0 Å². The normalized spacial score (nSPS) is 38.1. The smallest absolute Gasteiger partial charge is 0.0223 e. The highest BCUT2D eigenvalue weighted by molar-refractivity contribution is 4.88. The van der Waals surface area contributed by atoms with Crippen LogP contribution in [-0.4, -0.2) is 48.1 Å². The third-order valence-electron chi connectivity index (χ3n) is 5.86. The molecule has 3 aliphatic rings. The van der Waals surface area contributed by atoms with Crippen molar-refractivity contribution >= 4 is 0 Å². The lowest BCUT2D eigenvalue weighted by atomic mass is 9.83. The molecule has 0 amide bonds. The Morgan fingerprint density at radius 1 is 0.789 bits per heavy atom. The van der Waals surface area contributed by atoms with E-state index in [1.807, 2.05) is 0 Å². The summed E-state index contributed by atoms with van der Waals surface area (Å²) in [6.07, 6.45) is 13.1. The van der Waals surface area contributed by atoms with Gasteiger partial charge >= 0.3 is 0 Å². The Morgan fingerprint density at radius 2 is 1.53 bits per heavy atom. The molecule has 1 atom stereocenters. The molecule has 2 heteroatoms. The minimum absolute atomic E-state index is 0.899. The lowest BCUT2D eigenvalue weighted by molar-refractivity contribution is 0.123. The largest absolute Gasteiger partial charge is 0.299 e. The van der Waals surface area contributed by atoms with Gasteiger partial charge in [-0.05, 0) is 70.5 Å². The molecule has 3 fully saturated rings. The SMILES string of the molecule is CCCC1CCC(N2CCCN3CCCC3C2)CC1. The molecule has 0 spiro atoms. The summed E-state index contributed by atoms with van der Waals surface area (Å²) >= 11 is 0. The molecule has 1 unspecified atom stereocenters. The van der Waals surface area contributed by atoms with Crippen LogP contribution in [0.3, 0.4) is 0 Å². The molecule has 2 heterocycles. The number of rotatable bonds is 3. The summed E-state index contributed by atoms with van der Waals surface area (Å²) in [7, 11) is 0. The molecule has 0 N–H and O–H groups in total. The summed E-state index contributed by atoms with van der Waals surface area (Å²) in [4.78, 5) is 5.64. The van der Waals surface area contributed by atoms with Crippen LogP contribution in [0.1, 0.15) is 64.7 Å². The van der Waals surface area contributed by atoms with E-state index in [0.717, 1.165) is 18.0 Å². The predicted molar refractivity (Wildman–Crippen MR) is 81.4 cm³/mol. The van der Waals surface area contributed by atoms with Gasteiger partial charge in [0.15, 0.2) is 0 Å². The van der Waals surface area contributed by atoms with Crippen molar-refractivity contribution in [3.05, 3.63) is 0 Å². The van der Waals surface area contributed by atoms with Crippen molar-refractivity contribution in [1.82, 2.24) is 9.80 Å². The summed E-state index contributed by atoms with van der Waals surface area (Å²) in [6, 6.07) is 1.82. The van der Waals surface area contributed by atoms with Crippen molar-refractivity contribution in [3.8, 4) is 0 Å². The van der Waals surface area contributed by atoms with Gasteiger partial charge in [-0.15, -0.1) is 0 Å². The molecule has 110 valence electrons. The van der Waals surface area contributed by atoms with Gasteiger partial charge < -0.3 is 0 Å². The zero-order valence-electron chi connectivity index (χ0n) is 12.8. The van der Waals surface area contributed by atoms with Gasteiger partial charge in [-0.25, -0.2) is 0 Å². The van der Waals surface area contributed by atoms with Gasteiger partial charge in [-0.1, -0.05) is 19.8 Å². The fourth-order valence-corrected chi connectivity index (χ4v) is 4.77. The lowest BCUT2D eigenvalue weighted by Crippen LogP contribution is -2.43. The van der Waals surface area contributed by atoms with Gasteiger partial charge in [0, 0.05) is 18.6 Å². The molecular formula is C17H32N2. The maximum atomic E-state index is 2.87. The molecule has 2 nitrogen and oxygen atoms in total. The van der Waals surface area contributed by atoms with E-state index in [-0.39, 0.29) is 0 Å². The van der Waals surface area contributed by atoms with Crippen molar-refractivity contribution in [1.29, 1.82) is 0 Å². The van der Waals surface area contributed by atoms with Gasteiger partial charge in [-0.2, -0.15) is 0 Å². The fourth-order valence-electron chi connectivity index (χ4n) is 4.77. The molecule has 2 aliphatic heterocycles. The van der Waals surface area contributed by atoms with Gasteiger partial charge in [0.25, 0.3) is 0 Å². The van der Waals surface area contributed by atoms with Crippen LogP contribution >= 0.6 is 0 Å². The van der Waals surface area contributed by atoms with Crippen molar-refractivity contribution in [2.75, 3.05) is 26.2 Å². The van der Waals surface area contributed by atoms with E-state index in [4.69, 9.17) is 0 Å². The Balaban J connectivity index is 1.51. The highest BCUT2D eigenvalue weighted by Crippen LogP contribution is 2.32. The zero-order valence-corrected chi connectivity index (χ0v) is 12.8. The first-order chi connectivity index (χ1) is 9.36. The molecule has 0 bridgehead atoms. The summed E-state index contributed by atoms with van der Waals surface area (Å²) in [5.41, 5.74) is 0. The third kappa shape index (κ3) is 3.33. The third-order valence-corrected chi connectivity index (χ3v) is 5.86. The van der Waals surface area contributed by atoms with Crippen molar-refractivity contribution < 1.29 is 0 Å². The van der Waals surface area contributed by atoms with Crippen LogP contribution in [0.4, 0.5) is 0 Å². The topological polar surface area (TPSA) is 6.48 Å². The molecular weight excluding hydrogens is 232 g/mol. The van der Waals surface area contributed by atoms with E-state index in [1.165, 1.54) is 84.0 Å². The number of nitrogens with zero attached hydrogens (tertiary/aromatic N) is 2. The quantitative estimate of drug-likeness (QED) is 0.769. The first-order valence-corrected chi connectivity index (χ1v) is 8.85. The molecule has 0 radical (unpaired) electrons. The average Bonchev–Trinajstić information content (AvgIpc) is 2.77. The van der Waals surface area contributed by atoms with Gasteiger partial charge in [-0.3, -0.25) is 9.80 Å². The summed E-state index contributed by atoms with van der Waals surface area (Å²) in [5, 5.41) is 0. The molecule has 0 aromatic heterocycles. The van der Waals surface area contributed by atoms with Crippen LogP contribution < -0.4 is 0 Å². The van der Waals surface area contributed by atoms with Gasteiger partial charge in [0.1, 0.15) is 0 Å². The monoisotopic (exact) mass is 264 g/mol. The Labute approximate surface area is 119 Å². The summed E-state index contributed by atoms with van der Waals surface area (Å²) < 4.78 is 0. The van der Waals surface area contributed by atoms with E-state index in [9.17, 15) is 0 Å². The summed E-state index contributed by atoms with van der Waals surface area (Å²) in [6.45, 7) is 7.84.